The Hall–Kier alpha value is -0.460. The number of fused-ring (bicyclic) bond motifs is 1. The van der Waals surface area contributed by atoms with Crippen molar-refractivity contribution in [2.24, 2.45) is 28.6 Å². The summed E-state index contributed by atoms with van der Waals surface area (Å²) in [7, 11) is 0. The third-order valence-electron chi connectivity index (χ3n) is 8.97. The van der Waals surface area contributed by atoms with Crippen LogP contribution in [-0.2, 0) is 9.47 Å². The monoisotopic (exact) mass is 438 g/mol. The largest absolute Gasteiger partial charge is 0.388 e. The van der Waals surface area contributed by atoms with Crippen LogP contribution in [0.4, 0.5) is 0 Å². The Morgan fingerprint density at radius 1 is 1.10 bits per heavy atom. The van der Waals surface area contributed by atoms with Crippen LogP contribution in [0.5, 0.6) is 0 Å². The number of hydrogen-bond donors (Lipinski definition) is 3. The van der Waals surface area contributed by atoms with Crippen molar-refractivity contribution in [1.29, 1.82) is 0 Å². The zero-order valence-corrected chi connectivity index (χ0v) is 20.3. The lowest BCUT2D eigenvalue weighted by atomic mass is 9.47. The van der Waals surface area contributed by atoms with Crippen molar-refractivity contribution < 1.29 is 24.8 Å². The normalized spacial score (nSPS) is 44.0. The standard InChI is InChI=1S/C26H46O5/c1-16(12-15-30-24-23(29)22(28)21(27)18(3)31-24)8-10-19-17(2)9-11-20-25(4,5)13-7-14-26(19,20)6/h16,18-24,27-29H,2,7-15H2,1,3-6H3/t16-,18-,19+,20?,21-,22+,23+,24+,26-/m0/s1. The molecule has 180 valence electrons. The maximum absolute atomic E-state index is 10.1. The van der Waals surface area contributed by atoms with Crippen LogP contribution < -0.4 is 0 Å². The molecule has 3 rings (SSSR count). The molecule has 3 fully saturated rings. The van der Waals surface area contributed by atoms with Crippen LogP contribution in [0, 0.1) is 28.6 Å². The Bertz CT molecular complexity index is 619. The van der Waals surface area contributed by atoms with E-state index in [2.05, 4.69) is 34.3 Å². The summed E-state index contributed by atoms with van der Waals surface area (Å²) in [5.41, 5.74) is 2.27. The summed E-state index contributed by atoms with van der Waals surface area (Å²) in [5, 5.41) is 29.8. The molecule has 3 aliphatic rings. The number of aliphatic hydroxyl groups is 3. The third kappa shape index (κ3) is 5.22. The van der Waals surface area contributed by atoms with Gasteiger partial charge in [0.1, 0.15) is 18.3 Å². The van der Waals surface area contributed by atoms with Gasteiger partial charge in [-0.3, -0.25) is 0 Å². The minimum absolute atomic E-state index is 0.375. The first kappa shape index (κ1) is 25.2. The van der Waals surface area contributed by atoms with Crippen LogP contribution in [0.3, 0.4) is 0 Å². The summed E-state index contributed by atoms with van der Waals surface area (Å²) in [5.74, 6) is 1.90. The molecule has 1 aliphatic heterocycles. The first-order chi connectivity index (χ1) is 14.5. The minimum atomic E-state index is -1.24. The number of hydrogen-bond acceptors (Lipinski definition) is 5. The molecule has 0 radical (unpaired) electrons. The fourth-order valence-corrected chi connectivity index (χ4v) is 6.94. The van der Waals surface area contributed by atoms with Gasteiger partial charge in [0.05, 0.1) is 12.7 Å². The summed E-state index contributed by atoms with van der Waals surface area (Å²) >= 11 is 0. The van der Waals surface area contributed by atoms with Gasteiger partial charge in [-0.2, -0.15) is 0 Å². The van der Waals surface area contributed by atoms with Gasteiger partial charge in [-0.05, 0) is 74.0 Å². The highest BCUT2D eigenvalue weighted by molar-refractivity contribution is 5.15. The first-order valence-electron chi connectivity index (χ1n) is 12.5. The van der Waals surface area contributed by atoms with Crippen molar-refractivity contribution in [1.82, 2.24) is 0 Å². The van der Waals surface area contributed by atoms with Crippen molar-refractivity contribution >= 4 is 0 Å². The number of rotatable bonds is 7. The van der Waals surface area contributed by atoms with Crippen LogP contribution in [-0.4, -0.2) is 52.6 Å². The minimum Gasteiger partial charge on any atom is -0.388 e. The molecule has 31 heavy (non-hydrogen) atoms. The lowest BCUT2D eigenvalue weighted by Crippen LogP contribution is -2.57. The van der Waals surface area contributed by atoms with Gasteiger partial charge >= 0.3 is 0 Å². The molecule has 5 heteroatoms. The Morgan fingerprint density at radius 3 is 2.52 bits per heavy atom. The van der Waals surface area contributed by atoms with Crippen molar-refractivity contribution in [2.75, 3.05) is 6.61 Å². The van der Waals surface area contributed by atoms with E-state index in [1.807, 2.05) is 0 Å². The van der Waals surface area contributed by atoms with Gasteiger partial charge in [0.2, 0.25) is 0 Å². The number of ether oxygens (including phenoxy) is 2. The van der Waals surface area contributed by atoms with Crippen LogP contribution in [0.15, 0.2) is 12.2 Å². The van der Waals surface area contributed by atoms with Gasteiger partial charge in [-0.1, -0.05) is 52.7 Å². The highest BCUT2D eigenvalue weighted by atomic mass is 16.7. The van der Waals surface area contributed by atoms with Crippen LogP contribution in [0.25, 0.3) is 0 Å². The van der Waals surface area contributed by atoms with Gasteiger partial charge in [0.25, 0.3) is 0 Å². The molecule has 3 N–H and O–H groups in total. The number of aliphatic hydroxyl groups excluding tert-OH is 3. The molecule has 0 amide bonds. The summed E-state index contributed by atoms with van der Waals surface area (Å²) in [6.07, 6.45) is 4.68. The van der Waals surface area contributed by atoms with Gasteiger partial charge in [-0.25, -0.2) is 0 Å². The Morgan fingerprint density at radius 2 is 1.81 bits per heavy atom. The second kappa shape index (κ2) is 9.80. The maximum Gasteiger partial charge on any atom is 0.186 e. The van der Waals surface area contributed by atoms with E-state index in [-0.39, 0.29) is 0 Å². The van der Waals surface area contributed by atoms with E-state index >= 15 is 0 Å². The number of allylic oxidation sites excluding steroid dienone is 1. The quantitative estimate of drug-likeness (QED) is 0.512. The van der Waals surface area contributed by atoms with Crippen molar-refractivity contribution in [3.05, 3.63) is 12.2 Å². The highest BCUT2D eigenvalue weighted by Gasteiger charge is 2.52. The van der Waals surface area contributed by atoms with Crippen molar-refractivity contribution in [2.45, 2.75) is 117 Å². The fourth-order valence-electron chi connectivity index (χ4n) is 6.94. The first-order valence-corrected chi connectivity index (χ1v) is 12.5. The van der Waals surface area contributed by atoms with E-state index in [4.69, 9.17) is 9.47 Å². The third-order valence-corrected chi connectivity index (χ3v) is 8.97. The molecule has 1 heterocycles. The van der Waals surface area contributed by atoms with Crippen molar-refractivity contribution in [3.63, 3.8) is 0 Å². The lowest BCUT2D eigenvalue weighted by Gasteiger charge is -2.58. The molecular weight excluding hydrogens is 392 g/mol. The van der Waals surface area contributed by atoms with E-state index in [1.165, 1.54) is 44.1 Å². The Kier molecular flexibility index (Phi) is 7.96. The SMILES string of the molecule is C=C1CCC2C(C)(C)CCC[C@@]2(C)[C@@H]1CC[C@H](C)CCO[C@@H]1O[C@@H](C)[C@H](O)[C@@H](O)[C@H]1O. The molecule has 0 spiro atoms. The Balaban J connectivity index is 1.49. The van der Waals surface area contributed by atoms with Crippen LogP contribution in [0.1, 0.15) is 86.0 Å². The zero-order valence-electron chi connectivity index (χ0n) is 20.3. The zero-order chi connectivity index (χ0) is 23.0. The molecule has 9 atom stereocenters. The average Bonchev–Trinajstić information content (AvgIpc) is 2.69. The topological polar surface area (TPSA) is 79.2 Å². The molecule has 1 saturated heterocycles. The van der Waals surface area contributed by atoms with E-state index in [0.29, 0.717) is 29.3 Å². The van der Waals surface area contributed by atoms with Gasteiger partial charge in [0, 0.05) is 0 Å². The van der Waals surface area contributed by atoms with Crippen molar-refractivity contribution in [3.8, 4) is 0 Å². The van der Waals surface area contributed by atoms with E-state index < -0.39 is 30.7 Å². The highest BCUT2D eigenvalue weighted by Crippen LogP contribution is 2.61. The summed E-state index contributed by atoms with van der Waals surface area (Å²) in [6, 6.07) is 0. The maximum atomic E-state index is 10.1. The van der Waals surface area contributed by atoms with E-state index in [9.17, 15) is 15.3 Å². The van der Waals surface area contributed by atoms with E-state index in [0.717, 1.165) is 18.8 Å². The molecule has 0 bridgehead atoms. The summed E-state index contributed by atoms with van der Waals surface area (Å²) in [4.78, 5) is 0. The molecular formula is C26H46O5. The van der Waals surface area contributed by atoms with Gasteiger partial charge < -0.3 is 24.8 Å². The molecule has 1 unspecified atom stereocenters. The second-order valence-electron chi connectivity index (χ2n) is 11.7. The molecule has 0 aromatic heterocycles. The lowest BCUT2D eigenvalue weighted by molar-refractivity contribution is -0.293. The van der Waals surface area contributed by atoms with Gasteiger partial charge in [0.15, 0.2) is 6.29 Å². The molecule has 2 saturated carbocycles. The smallest absolute Gasteiger partial charge is 0.186 e. The Labute approximate surface area is 189 Å². The van der Waals surface area contributed by atoms with E-state index in [1.54, 1.807) is 6.92 Å². The summed E-state index contributed by atoms with van der Waals surface area (Å²) < 4.78 is 11.3. The molecule has 2 aliphatic carbocycles. The van der Waals surface area contributed by atoms with Crippen LogP contribution in [0.2, 0.25) is 0 Å². The average molecular weight is 439 g/mol. The second-order valence-corrected chi connectivity index (χ2v) is 11.7. The predicted octanol–water partition coefficient (Wildman–Crippen LogP) is 4.44. The molecule has 0 aromatic rings. The molecule has 5 nitrogen and oxygen atoms in total. The fraction of sp³-hybridized carbons (Fsp3) is 0.923. The predicted molar refractivity (Wildman–Crippen MR) is 122 cm³/mol. The van der Waals surface area contributed by atoms with Crippen LogP contribution >= 0.6 is 0 Å². The molecule has 0 aromatic carbocycles. The summed E-state index contributed by atoms with van der Waals surface area (Å²) in [6.45, 7) is 16.4. The van der Waals surface area contributed by atoms with Gasteiger partial charge in [-0.15, -0.1) is 0 Å².